The molecule has 0 N–H and O–H groups in total. The molecule has 2 unspecified atom stereocenters. The minimum absolute atomic E-state index is 0.160. The summed E-state index contributed by atoms with van der Waals surface area (Å²) >= 11 is 0. The lowest BCUT2D eigenvalue weighted by molar-refractivity contribution is -0.132. The van der Waals surface area contributed by atoms with Crippen molar-refractivity contribution in [3.8, 4) is 0 Å². The molecular formula is C12H21BO4Si. The second-order valence-corrected chi connectivity index (χ2v) is 10.8. The molecule has 0 spiro atoms. The summed E-state index contributed by atoms with van der Waals surface area (Å²) in [6, 6.07) is 0. The summed E-state index contributed by atoms with van der Waals surface area (Å²) in [6.45, 7) is 9.54. The van der Waals surface area contributed by atoms with Crippen LogP contribution in [0.3, 0.4) is 0 Å². The quantitative estimate of drug-likeness (QED) is 0.714. The SMILES string of the molecule is CC(=O)C1OB(CC=C[Si](C)(C)C)OC1C(C)=O. The van der Waals surface area contributed by atoms with Gasteiger partial charge in [-0.05, 0) is 20.2 Å². The van der Waals surface area contributed by atoms with E-state index in [9.17, 15) is 9.59 Å². The van der Waals surface area contributed by atoms with E-state index < -0.39 is 27.4 Å². The van der Waals surface area contributed by atoms with Crippen molar-refractivity contribution in [1.82, 2.24) is 0 Å². The Morgan fingerprint density at radius 3 is 1.89 bits per heavy atom. The maximum absolute atomic E-state index is 11.4. The molecule has 18 heavy (non-hydrogen) atoms. The van der Waals surface area contributed by atoms with E-state index in [0.717, 1.165) is 0 Å². The molecule has 1 heterocycles. The van der Waals surface area contributed by atoms with Gasteiger partial charge in [-0.2, -0.15) is 0 Å². The van der Waals surface area contributed by atoms with Crippen molar-refractivity contribution in [3.63, 3.8) is 0 Å². The van der Waals surface area contributed by atoms with E-state index in [0.29, 0.717) is 6.32 Å². The number of hydrogen-bond acceptors (Lipinski definition) is 4. The molecule has 100 valence electrons. The summed E-state index contributed by atoms with van der Waals surface area (Å²) in [5, 5.41) is 0. The van der Waals surface area contributed by atoms with Crippen molar-refractivity contribution < 1.29 is 18.9 Å². The summed E-state index contributed by atoms with van der Waals surface area (Å²) in [5.74, 6) is -0.321. The molecule has 0 aromatic carbocycles. The van der Waals surface area contributed by atoms with Crippen LogP contribution in [0.5, 0.6) is 0 Å². The van der Waals surface area contributed by atoms with Crippen LogP contribution < -0.4 is 0 Å². The first-order valence-electron chi connectivity index (χ1n) is 6.20. The summed E-state index contributed by atoms with van der Waals surface area (Å²) in [7, 11) is -1.72. The van der Waals surface area contributed by atoms with Gasteiger partial charge < -0.3 is 9.31 Å². The predicted molar refractivity (Wildman–Crippen MR) is 74.2 cm³/mol. The Kier molecular flexibility index (Phi) is 5.07. The third-order valence-electron chi connectivity index (χ3n) is 2.62. The molecule has 0 amide bonds. The van der Waals surface area contributed by atoms with Crippen LogP contribution in [0, 0.1) is 0 Å². The molecule has 1 fully saturated rings. The standard InChI is InChI=1S/C12H21BO4Si/c1-9(14)11-12(10(2)15)17-13(16-11)7-6-8-18(3,4)5/h6,8,11-12H,7H2,1-5H3. The van der Waals surface area contributed by atoms with Gasteiger partial charge in [-0.25, -0.2) is 0 Å². The van der Waals surface area contributed by atoms with Gasteiger partial charge >= 0.3 is 7.12 Å². The first-order valence-corrected chi connectivity index (χ1v) is 9.78. The van der Waals surface area contributed by atoms with E-state index >= 15 is 0 Å². The summed E-state index contributed by atoms with van der Waals surface area (Å²) in [4.78, 5) is 22.7. The second-order valence-electron chi connectivity index (χ2n) is 5.77. The Bertz CT molecular complexity index is 340. The smallest absolute Gasteiger partial charge is 0.398 e. The average Bonchev–Trinajstić information content (AvgIpc) is 2.60. The highest BCUT2D eigenvalue weighted by atomic mass is 28.3. The molecule has 1 aliphatic rings. The zero-order valence-electron chi connectivity index (χ0n) is 11.7. The van der Waals surface area contributed by atoms with Crippen molar-refractivity contribution in [2.45, 2.75) is 52.0 Å². The zero-order chi connectivity index (χ0) is 13.9. The molecular weight excluding hydrogens is 247 g/mol. The van der Waals surface area contributed by atoms with Crippen molar-refractivity contribution in [3.05, 3.63) is 11.8 Å². The molecule has 0 aliphatic carbocycles. The van der Waals surface area contributed by atoms with Gasteiger partial charge in [-0.3, -0.25) is 9.59 Å². The molecule has 4 nitrogen and oxygen atoms in total. The van der Waals surface area contributed by atoms with E-state index in [1.54, 1.807) is 0 Å². The second kappa shape index (κ2) is 5.95. The van der Waals surface area contributed by atoms with Gasteiger partial charge in [0.15, 0.2) is 11.6 Å². The van der Waals surface area contributed by atoms with Crippen LogP contribution in [-0.2, 0) is 18.9 Å². The van der Waals surface area contributed by atoms with Gasteiger partial charge in [0.2, 0.25) is 0 Å². The molecule has 0 aromatic heterocycles. The number of hydrogen-bond donors (Lipinski definition) is 0. The highest BCUT2D eigenvalue weighted by molar-refractivity contribution is 6.81. The Hall–Kier alpha value is -0.718. The molecule has 0 aromatic rings. The van der Waals surface area contributed by atoms with Crippen LogP contribution in [0.4, 0.5) is 0 Å². The fourth-order valence-electron chi connectivity index (χ4n) is 1.76. The van der Waals surface area contributed by atoms with Crippen molar-refractivity contribution >= 4 is 26.8 Å². The van der Waals surface area contributed by atoms with Gasteiger partial charge in [0.05, 0.1) is 8.07 Å². The molecule has 0 saturated carbocycles. The van der Waals surface area contributed by atoms with E-state index in [4.69, 9.17) is 9.31 Å². The van der Waals surface area contributed by atoms with Gasteiger partial charge in [0.25, 0.3) is 0 Å². The minimum atomic E-state index is -1.23. The van der Waals surface area contributed by atoms with Crippen LogP contribution >= 0.6 is 0 Å². The Morgan fingerprint density at radius 2 is 1.56 bits per heavy atom. The maximum Gasteiger partial charge on any atom is 0.462 e. The number of rotatable bonds is 5. The fourth-order valence-corrected chi connectivity index (χ4v) is 2.61. The number of Topliss-reactive ketones (excluding diaryl/α,β-unsaturated/α-hetero) is 2. The van der Waals surface area contributed by atoms with Crippen molar-refractivity contribution in [2.75, 3.05) is 0 Å². The zero-order valence-corrected chi connectivity index (χ0v) is 12.7. The van der Waals surface area contributed by atoms with Crippen molar-refractivity contribution in [1.29, 1.82) is 0 Å². The van der Waals surface area contributed by atoms with Crippen LogP contribution in [0.25, 0.3) is 0 Å². The monoisotopic (exact) mass is 268 g/mol. The molecule has 6 heteroatoms. The highest BCUT2D eigenvalue weighted by Crippen LogP contribution is 2.21. The largest absolute Gasteiger partial charge is 0.462 e. The molecule has 0 radical (unpaired) electrons. The minimum Gasteiger partial charge on any atom is -0.398 e. The summed E-state index contributed by atoms with van der Waals surface area (Å²) < 4.78 is 11.0. The maximum atomic E-state index is 11.4. The lowest BCUT2D eigenvalue weighted by Gasteiger charge is -2.11. The molecule has 1 saturated heterocycles. The van der Waals surface area contributed by atoms with Crippen LogP contribution in [0.1, 0.15) is 13.8 Å². The van der Waals surface area contributed by atoms with Crippen LogP contribution in [0.15, 0.2) is 11.8 Å². The molecule has 1 aliphatic heterocycles. The van der Waals surface area contributed by atoms with E-state index in [1.165, 1.54) is 13.8 Å². The van der Waals surface area contributed by atoms with E-state index in [2.05, 4.69) is 25.3 Å². The van der Waals surface area contributed by atoms with Crippen LogP contribution in [-0.4, -0.2) is 39.0 Å². The van der Waals surface area contributed by atoms with Gasteiger partial charge in [-0.15, -0.1) is 0 Å². The number of carbonyl (C=O) groups excluding carboxylic acids is 2. The fraction of sp³-hybridized carbons (Fsp3) is 0.667. The van der Waals surface area contributed by atoms with Crippen molar-refractivity contribution in [2.24, 2.45) is 0 Å². The van der Waals surface area contributed by atoms with Gasteiger partial charge in [0, 0.05) is 0 Å². The number of carbonyl (C=O) groups is 2. The summed E-state index contributed by atoms with van der Waals surface area (Å²) in [5.41, 5.74) is 2.20. The highest BCUT2D eigenvalue weighted by Gasteiger charge is 2.43. The van der Waals surface area contributed by atoms with Gasteiger partial charge in [-0.1, -0.05) is 31.4 Å². The topological polar surface area (TPSA) is 52.6 Å². The van der Waals surface area contributed by atoms with E-state index in [1.807, 2.05) is 6.08 Å². The third kappa shape index (κ3) is 4.51. The summed E-state index contributed by atoms with van der Waals surface area (Å²) in [6.07, 6.45) is 1.12. The first kappa shape index (κ1) is 15.3. The lowest BCUT2D eigenvalue weighted by Crippen LogP contribution is -2.34. The Morgan fingerprint density at radius 1 is 1.11 bits per heavy atom. The number of allylic oxidation sites excluding steroid dienone is 1. The molecule has 1 rings (SSSR count). The van der Waals surface area contributed by atoms with E-state index in [-0.39, 0.29) is 11.6 Å². The first-order chi connectivity index (χ1) is 8.20. The average molecular weight is 268 g/mol. The number of ketones is 2. The van der Waals surface area contributed by atoms with Crippen LogP contribution in [0.2, 0.25) is 26.0 Å². The lowest BCUT2D eigenvalue weighted by atomic mass is 9.85. The third-order valence-corrected chi connectivity index (χ3v) is 3.86. The molecule has 2 atom stereocenters. The normalized spacial score (nSPS) is 24.8. The Labute approximate surface area is 110 Å². The Balaban J connectivity index is 2.59. The predicted octanol–water partition coefficient (Wildman–Crippen LogP) is 1.87. The molecule has 0 bridgehead atoms. The van der Waals surface area contributed by atoms with Gasteiger partial charge in [0.1, 0.15) is 12.2 Å².